The summed E-state index contributed by atoms with van der Waals surface area (Å²) >= 11 is 6.11. The zero-order valence-electron chi connectivity index (χ0n) is 21.2. The molecule has 0 radical (unpaired) electrons. The molecule has 1 aliphatic heterocycles. The molecule has 1 aliphatic rings. The minimum absolute atomic E-state index is 0.128. The molecule has 0 N–H and O–H groups in total. The second-order valence-corrected chi connectivity index (χ2v) is 10.3. The Hall–Kier alpha value is -2.72. The monoisotopic (exact) mass is 545 g/mol. The molecule has 0 amide bonds. The summed E-state index contributed by atoms with van der Waals surface area (Å²) in [6.07, 6.45) is -0.623. The number of carbonyl (C=O) groups is 1. The van der Waals surface area contributed by atoms with Gasteiger partial charge in [-0.25, -0.2) is 4.79 Å². The zero-order valence-corrected chi connectivity index (χ0v) is 21.9. The Bertz CT molecular complexity index is 1150. The molecular formula is C26H31ClF3NO6. The number of nitrogens with zero attached hydrogens (tertiary/aromatic N) is 1. The average Bonchev–Trinajstić information content (AvgIpc) is 2.80. The van der Waals surface area contributed by atoms with Crippen LogP contribution in [0, 0.1) is 0 Å². The van der Waals surface area contributed by atoms with Crippen molar-refractivity contribution in [2.45, 2.75) is 70.4 Å². The summed E-state index contributed by atoms with van der Waals surface area (Å²) < 4.78 is 61.5. The molecule has 1 saturated heterocycles. The van der Waals surface area contributed by atoms with Crippen LogP contribution < -0.4 is 15.0 Å². The minimum Gasteiger partial charge on any atom is -0.495 e. The summed E-state index contributed by atoms with van der Waals surface area (Å²) in [5.41, 5.74) is -1.06. The number of rotatable bonds is 8. The molecule has 2 aromatic rings. The van der Waals surface area contributed by atoms with E-state index in [4.69, 9.17) is 30.5 Å². The number of halogens is 4. The molecule has 1 unspecified atom stereocenters. The van der Waals surface area contributed by atoms with Crippen molar-refractivity contribution < 1.29 is 36.9 Å². The van der Waals surface area contributed by atoms with Gasteiger partial charge in [-0.15, -0.1) is 0 Å². The highest BCUT2D eigenvalue weighted by Crippen LogP contribution is 2.38. The lowest BCUT2D eigenvalue weighted by molar-refractivity contribution is -0.161. The summed E-state index contributed by atoms with van der Waals surface area (Å²) in [5, 5.41) is 0.224. The van der Waals surface area contributed by atoms with Gasteiger partial charge in [-0.1, -0.05) is 11.6 Å². The number of methoxy groups -OCH3 is 1. The fourth-order valence-electron chi connectivity index (χ4n) is 4.08. The maximum absolute atomic E-state index is 13.4. The molecule has 11 heteroatoms. The fraction of sp³-hybridized carbons (Fsp3) is 0.538. The first-order chi connectivity index (χ1) is 17.3. The number of benzene rings is 1. The Balaban J connectivity index is 2.07. The molecular weight excluding hydrogens is 515 g/mol. The Morgan fingerprint density at radius 1 is 1.16 bits per heavy atom. The molecule has 0 saturated carbocycles. The van der Waals surface area contributed by atoms with Crippen molar-refractivity contribution in [1.82, 2.24) is 4.57 Å². The van der Waals surface area contributed by atoms with E-state index in [2.05, 4.69) is 0 Å². The van der Waals surface area contributed by atoms with Crippen LogP contribution in [-0.4, -0.2) is 48.7 Å². The molecule has 37 heavy (non-hydrogen) atoms. The van der Waals surface area contributed by atoms with Crippen LogP contribution in [0.1, 0.15) is 52.5 Å². The Morgan fingerprint density at radius 2 is 1.86 bits per heavy atom. The first kappa shape index (κ1) is 28.8. The summed E-state index contributed by atoms with van der Waals surface area (Å²) in [6.45, 7) is 4.23. The summed E-state index contributed by atoms with van der Waals surface area (Å²) in [5.74, 6) is -0.594. The van der Waals surface area contributed by atoms with Crippen molar-refractivity contribution in [3.63, 3.8) is 0 Å². The third-order valence-electron chi connectivity index (χ3n) is 5.66. The van der Waals surface area contributed by atoms with Crippen LogP contribution in [0.3, 0.4) is 0 Å². The van der Waals surface area contributed by atoms with Gasteiger partial charge in [-0.05, 0) is 58.2 Å². The number of ether oxygens (including phenoxy) is 4. The van der Waals surface area contributed by atoms with E-state index in [1.807, 2.05) is 0 Å². The zero-order chi connectivity index (χ0) is 27.4. The molecule has 7 nitrogen and oxygen atoms in total. The SMILES string of the molecule is COc1cn(C(C[C@H]2CCCCO2)C(=O)OC(C)(C)C)c(=O)cc1-c1cc(Cl)ccc1OCC(F)(F)F. The molecule has 1 fully saturated rings. The normalized spacial score (nSPS) is 17.2. The van der Waals surface area contributed by atoms with Crippen molar-refractivity contribution in [3.05, 3.63) is 45.8 Å². The molecule has 0 spiro atoms. The van der Waals surface area contributed by atoms with Crippen LogP contribution in [-0.2, 0) is 14.3 Å². The van der Waals surface area contributed by atoms with Gasteiger partial charge >= 0.3 is 12.1 Å². The summed E-state index contributed by atoms with van der Waals surface area (Å²) in [4.78, 5) is 26.5. The minimum atomic E-state index is -4.56. The van der Waals surface area contributed by atoms with Crippen LogP contribution in [0.5, 0.6) is 11.5 Å². The first-order valence-corrected chi connectivity index (χ1v) is 12.3. The highest BCUT2D eigenvalue weighted by Gasteiger charge is 2.32. The lowest BCUT2D eigenvalue weighted by atomic mass is 10.0. The molecule has 0 aliphatic carbocycles. The van der Waals surface area contributed by atoms with Gasteiger partial charge in [0.25, 0.3) is 5.56 Å². The quantitative estimate of drug-likeness (QED) is 0.381. The molecule has 204 valence electrons. The number of esters is 1. The van der Waals surface area contributed by atoms with E-state index in [1.54, 1.807) is 20.8 Å². The molecule has 0 bridgehead atoms. The van der Waals surface area contributed by atoms with E-state index < -0.39 is 36.0 Å². The smallest absolute Gasteiger partial charge is 0.422 e. The molecule has 2 heterocycles. The Kier molecular flexibility index (Phi) is 9.18. The number of hydrogen-bond donors (Lipinski definition) is 0. The van der Waals surface area contributed by atoms with E-state index in [9.17, 15) is 22.8 Å². The van der Waals surface area contributed by atoms with Gasteiger partial charge in [0.05, 0.1) is 19.4 Å². The van der Waals surface area contributed by atoms with Crippen molar-refractivity contribution in [2.75, 3.05) is 20.3 Å². The number of pyridine rings is 1. The van der Waals surface area contributed by atoms with Crippen LogP contribution in [0.4, 0.5) is 13.2 Å². The lowest BCUT2D eigenvalue weighted by Gasteiger charge is -2.30. The van der Waals surface area contributed by atoms with Crippen molar-refractivity contribution in [2.24, 2.45) is 0 Å². The van der Waals surface area contributed by atoms with Gasteiger partial charge in [0.15, 0.2) is 6.61 Å². The van der Waals surface area contributed by atoms with Gasteiger partial charge in [0, 0.05) is 35.2 Å². The topological polar surface area (TPSA) is 76.0 Å². The van der Waals surface area contributed by atoms with Crippen LogP contribution in [0.15, 0.2) is 35.3 Å². The van der Waals surface area contributed by atoms with E-state index in [0.29, 0.717) is 6.61 Å². The first-order valence-electron chi connectivity index (χ1n) is 11.9. The number of aromatic nitrogens is 1. The molecule has 1 aromatic heterocycles. The van der Waals surface area contributed by atoms with Crippen LogP contribution in [0.25, 0.3) is 11.1 Å². The van der Waals surface area contributed by atoms with Crippen molar-refractivity contribution >= 4 is 17.6 Å². The van der Waals surface area contributed by atoms with Crippen LogP contribution >= 0.6 is 11.6 Å². The predicted octanol–water partition coefficient (Wildman–Crippen LogP) is 5.96. The van der Waals surface area contributed by atoms with Crippen molar-refractivity contribution in [1.29, 1.82) is 0 Å². The second-order valence-electron chi connectivity index (χ2n) is 9.82. The molecule has 3 rings (SSSR count). The van der Waals surface area contributed by atoms with E-state index in [1.165, 1.54) is 42.1 Å². The van der Waals surface area contributed by atoms with Crippen molar-refractivity contribution in [3.8, 4) is 22.6 Å². The number of carbonyl (C=O) groups excluding carboxylic acids is 1. The maximum atomic E-state index is 13.4. The van der Waals surface area contributed by atoms with E-state index in [0.717, 1.165) is 19.3 Å². The summed E-state index contributed by atoms with van der Waals surface area (Å²) in [6, 6.07) is 4.24. The average molecular weight is 546 g/mol. The number of hydrogen-bond acceptors (Lipinski definition) is 6. The molecule has 1 aromatic carbocycles. The third-order valence-corrected chi connectivity index (χ3v) is 5.90. The predicted molar refractivity (Wildman–Crippen MR) is 132 cm³/mol. The second kappa shape index (κ2) is 11.8. The highest BCUT2D eigenvalue weighted by atomic mass is 35.5. The third kappa shape index (κ3) is 8.13. The fourth-order valence-corrected chi connectivity index (χ4v) is 4.25. The number of alkyl halides is 3. The van der Waals surface area contributed by atoms with Gasteiger partial charge in [0.2, 0.25) is 0 Å². The van der Waals surface area contributed by atoms with E-state index in [-0.39, 0.29) is 40.2 Å². The lowest BCUT2D eigenvalue weighted by Crippen LogP contribution is -2.37. The largest absolute Gasteiger partial charge is 0.495 e. The van der Waals surface area contributed by atoms with Gasteiger partial charge in [0.1, 0.15) is 23.1 Å². The van der Waals surface area contributed by atoms with Gasteiger partial charge < -0.3 is 18.9 Å². The summed E-state index contributed by atoms with van der Waals surface area (Å²) in [7, 11) is 1.35. The Morgan fingerprint density at radius 3 is 2.46 bits per heavy atom. The van der Waals surface area contributed by atoms with E-state index >= 15 is 0 Å². The van der Waals surface area contributed by atoms with Gasteiger partial charge in [-0.3, -0.25) is 9.36 Å². The standard InChI is InChI=1S/C26H31ClF3NO6/c1-25(2,3)37-24(33)20(12-17-7-5-6-10-35-17)31-14-22(34-4)19(13-23(31)32)18-11-16(27)8-9-21(18)36-15-26(28,29)30/h8-9,11,13-14,17,20H,5-7,10,12,15H2,1-4H3/t17-,20?/m1/s1. The molecule has 2 atom stereocenters. The van der Waals surface area contributed by atoms with Gasteiger partial charge in [-0.2, -0.15) is 13.2 Å². The highest BCUT2D eigenvalue weighted by molar-refractivity contribution is 6.31. The van der Waals surface area contributed by atoms with Crippen LogP contribution in [0.2, 0.25) is 5.02 Å². The maximum Gasteiger partial charge on any atom is 0.422 e. The Labute approximate surface area is 218 Å².